The lowest BCUT2D eigenvalue weighted by Crippen LogP contribution is -2.41. The van der Waals surface area contributed by atoms with Gasteiger partial charge >= 0.3 is 0 Å². The van der Waals surface area contributed by atoms with E-state index in [-0.39, 0.29) is 5.91 Å². The third kappa shape index (κ3) is 5.20. The molecule has 0 aliphatic rings. The van der Waals surface area contributed by atoms with Gasteiger partial charge in [0.15, 0.2) is 0 Å². The van der Waals surface area contributed by atoms with Gasteiger partial charge in [-0.2, -0.15) is 0 Å². The summed E-state index contributed by atoms with van der Waals surface area (Å²) in [6.07, 6.45) is 0.737. The average Bonchev–Trinajstić information content (AvgIpc) is 2.73. The van der Waals surface area contributed by atoms with Gasteiger partial charge in [-0.3, -0.25) is 20.4 Å². The lowest BCUT2D eigenvalue weighted by atomic mass is 10.1. The molecule has 0 saturated heterocycles. The van der Waals surface area contributed by atoms with Crippen molar-refractivity contribution in [1.29, 1.82) is 0 Å². The fourth-order valence-corrected chi connectivity index (χ4v) is 2.66. The zero-order valence-electron chi connectivity index (χ0n) is 15.6. The highest BCUT2D eigenvalue weighted by molar-refractivity contribution is 6.00. The highest BCUT2D eigenvalue weighted by atomic mass is 16.5. The molecule has 28 heavy (non-hydrogen) atoms. The van der Waals surface area contributed by atoms with Gasteiger partial charge in [0.25, 0.3) is 11.8 Å². The van der Waals surface area contributed by atoms with Crippen LogP contribution < -0.4 is 15.6 Å². The van der Waals surface area contributed by atoms with Crippen LogP contribution >= 0.6 is 0 Å². The van der Waals surface area contributed by atoms with Crippen molar-refractivity contribution in [2.45, 2.75) is 13.3 Å². The molecule has 3 aromatic rings. The lowest BCUT2D eigenvalue weighted by Gasteiger charge is -2.12. The predicted molar refractivity (Wildman–Crippen MR) is 108 cm³/mol. The van der Waals surface area contributed by atoms with Crippen LogP contribution in [0.5, 0.6) is 5.75 Å². The van der Waals surface area contributed by atoms with Crippen molar-refractivity contribution in [3.05, 3.63) is 101 Å². The Bertz CT molecular complexity index is 938. The molecule has 0 spiro atoms. The Kier molecular flexibility index (Phi) is 6.41. The first-order valence-corrected chi connectivity index (χ1v) is 9.06. The van der Waals surface area contributed by atoms with Crippen LogP contribution in [0.15, 0.2) is 78.9 Å². The molecule has 0 aromatic heterocycles. The van der Waals surface area contributed by atoms with Gasteiger partial charge in [-0.05, 0) is 36.8 Å². The summed E-state index contributed by atoms with van der Waals surface area (Å²) in [5.41, 5.74) is 7.92. The zero-order valence-corrected chi connectivity index (χ0v) is 15.6. The van der Waals surface area contributed by atoms with Crippen LogP contribution in [-0.2, 0) is 6.42 Å². The van der Waals surface area contributed by atoms with Crippen LogP contribution in [-0.4, -0.2) is 18.4 Å². The van der Waals surface area contributed by atoms with E-state index in [4.69, 9.17) is 4.74 Å². The van der Waals surface area contributed by atoms with Gasteiger partial charge in [-0.15, -0.1) is 0 Å². The van der Waals surface area contributed by atoms with Crippen LogP contribution in [0, 0.1) is 6.92 Å². The number of ether oxygens (including phenoxy) is 1. The van der Waals surface area contributed by atoms with E-state index in [1.807, 2.05) is 49.4 Å². The molecule has 2 amide bonds. The number of rotatable bonds is 6. The van der Waals surface area contributed by atoms with Gasteiger partial charge < -0.3 is 4.74 Å². The largest absolute Gasteiger partial charge is 0.492 e. The number of aryl methyl sites for hydroxylation is 1. The Morgan fingerprint density at radius 1 is 0.786 bits per heavy atom. The molecule has 142 valence electrons. The Morgan fingerprint density at radius 2 is 1.43 bits per heavy atom. The molecule has 0 aliphatic carbocycles. The molecule has 0 fully saturated rings. The minimum absolute atomic E-state index is 0.361. The number of hydrogen-bond acceptors (Lipinski definition) is 3. The van der Waals surface area contributed by atoms with Crippen molar-refractivity contribution in [3.63, 3.8) is 0 Å². The van der Waals surface area contributed by atoms with E-state index in [9.17, 15) is 9.59 Å². The lowest BCUT2D eigenvalue weighted by molar-refractivity contribution is 0.0844. The molecule has 0 atom stereocenters. The summed E-state index contributed by atoms with van der Waals surface area (Å²) in [5.74, 6) is -0.341. The number of para-hydroxylation sites is 1. The van der Waals surface area contributed by atoms with Crippen molar-refractivity contribution in [3.8, 4) is 5.75 Å². The van der Waals surface area contributed by atoms with Crippen LogP contribution in [0.2, 0.25) is 0 Å². The molecule has 5 nitrogen and oxygen atoms in total. The van der Waals surface area contributed by atoms with Crippen molar-refractivity contribution >= 4 is 11.8 Å². The van der Waals surface area contributed by atoms with E-state index in [2.05, 4.69) is 10.9 Å². The second-order valence-electron chi connectivity index (χ2n) is 6.35. The molecule has 0 saturated carbocycles. The van der Waals surface area contributed by atoms with E-state index in [1.54, 1.807) is 36.4 Å². The van der Waals surface area contributed by atoms with Crippen molar-refractivity contribution in [2.24, 2.45) is 0 Å². The molecule has 0 bridgehead atoms. The molecular formula is C23H22N2O3. The van der Waals surface area contributed by atoms with Crippen molar-refractivity contribution in [2.75, 3.05) is 6.61 Å². The maximum atomic E-state index is 12.5. The molecule has 3 aromatic carbocycles. The molecule has 0 radical (unpaired) electrons. The summed E-state index contributed by atoms with van der Waals surface area (Å²) in [6.45, 7) is 2.39. The quantitative estimate of drug-likeness (QED) is 0.647. The van der Waals surface area contributed by atoms with Crippen LogP contribution in [0.3, 0.4) is 0 Å². The topological polar surface area (TPSA) is 67.4 Å². The highest BCUT2D eigenvalue weighted by Gasteiger charge is 2.13. The molecule has 2 N–H and O–H groups in total. The summed E-state index contributed by atoms with van der Waals surface area (Å²) in [7, 11) is 0. The number of benzene rings is 3. The number of nitrogens with one attached hydrogen (secondary N) is 2. The average molecular weight is 374 g/mol. The first kappa shape index (κ1) is 19.2. The summed E-state index contributed by atoms with van der Waals surface area (Å²) in [4.78, 5) is 24.6. The zero-order chi connectivity index (χ0) is 19.8. The minimum atomic E-state index is -0.434. The van der Waals surface area contributed by atoms with Gasteiger partial charge in [0.05, 0.1) is 12.2 Å². The van der Waals surface area contributed by atoms with E-state index in [0.29, 0.717) is 23.5 Å². The smallest absolute Gasteiger partial charge is 0.273 e. The number of carbonyl (C=O) groups excluding carboxylic acids is 2. The molecule has 5 heteroatoms. The molecule has 0 unspecified atom stereocenters. The first-order valence-electron chi connectivity index (χ1n) is 9.06. The summed E-state index contributed by atoms with van der Waals surface area (Å²) in [5, 5.41) is 0. The Hall–Kier alpha value is -3.60. The number of amides is 2. The number of hydrazine groups is 1. The third-order valence-corrected chi connectivity index (χ3v) is 4.23. The fraction of sp³-hybridized carbons (Fsp3) is 0.130. The van der Waals surface area contributed by atoms with Gasteiger partial charge in [-0.25, -0.2) is 0 Å². The summed E-state index contributed by atoms with van der Waals surface area (Å²) in [6, 6.07) is 24.0. The fourth-order valence-electron chi connectivity index (χ4n) is 2.66. The third-order valence-electron chi connectivity index (χ3n) is 4.23. The SMILES string of the molecule is Cc1ccc(C(=O)NNC(=O)c2ccccc2OCCc2ccccc2)cc1. The van der Waals surface area contributed by atoms with E-state index < -0.39 is 5.91 Å². The maximum absolute atomic E-state index is 12.5. The Balaban J connectivity index is 1.57. The second-order valence-corrected chi connectivity index (χ2v) is 6.35. The normalized spacial score (nSPS) is 10.2. The summed E-state index contributed by atoms with van der Waals surface area (Å²) < 4.78 is 5.79. The Labute approximate surface area is 164 Å². The molecule has 0 heterocycles. The van der Waals surface area contributed by atoms with Gasteiger partial charge in [0.1, 0.15) is 5.75 Å². The van der Waals surface area contributed by atoms with E-state index >= 15 is 0 Å². The van der Waals surface area contributed by atoms with Crippen molar-refractivity contribution < 1.29 is 14.3 Å². The summed E-state index contributed by atoms with van der Waals surface area (Å²) >= 11 is 0. The Morgan fingerprint density at radius 3 is 2.18 bits per heavy atom. The van der Waals surface area contributed by atoms with Crippen molar-refractivity contribution in [1.82, 2.24) is 10.9 Å². The minimum Gasteiger partial charge on any atom is -0.492 e. The molecule has 3 rings (SSSR count). The standard InChI is InChI=1S/C23H22N2O3/c1-17-11-13-19(14-12-17)22(26)24-25-23(27)20-9-5-6-10-21(20)28-16-15-18-7-3-2-4-8-18/h2-14H,15-16H2,1H3,(H,24,26)(H,25,27). The molecule has 0 aliphatic heterocycles. The second kappa shape index (κ2) is 9.37. The van der Waals surface area contributed by atoms with E-state index in [1.165, 1.54) is 0 Å². The first-order chi connectivity index (χ1) is 13.6. The highest BCUT2D eigenvalue weighted by Crippen LogP contribution is 2.18. The number of hydrogen-bond donors (Lipinski definition) is 2. The molecular weight excluding hydrogens is 352 g/mol. The van der Waals surface area contributed by atoms with E-state index in [0.717, 1.165) is 17.5 Å². The predicted octanol–water partition coefficient (Wildman–Crippen LogP) is 3.69. The van der Waals surface area contributed by atoms with Gasteiger partial charge in [0, 0.05) is 12.0 Å². The van der Waals surface area contributed by atoms with Gasteiger partial charge in [-0.1, -0.05) is 60.2 Å². The monoisotopic (exact) mass is 374 g/mol. The number of carbonyl (C=O) groups is 2. The maximum Gasteiger partial charge on any atom is 0.273 e. The van der Waals surface area contributed by atoms with Gasteiger partial charge in [0.2, 0.25) is 0 Å². The van der Waals surface area contributed by atoms with Crippen LogP contribution in [0.4, 0.5) is 0 Å². The van der Waals surface area contributed by atoms with Crippen LogP contribution in [0.1, 0.15) is 31.8 Å². The van der Waals surface area contributed by atoms with Crippen LogP contribution in [0.25, 0.3) is 0 Å².